The van der Waals surface area contributed by atoms with Crippen LogP contribution >= 0.6 is 0 Å². The zero-order chi connectivity index (χ0) is 24.9. The number of benzene rings is 1. The van der Waals surface area contributed by atoms with Gasteiger partial charge in [-0.1, -0.05) is 44.2 Å². The summed E-state index contributed by atoms with van der Waals surface area (Å²) in [4.78, 5) is 15.7. The van der Waals surface area contributed by atoms with Gasteiger partial charge in [-0.25, -0.2) is 13.6 Å². The Bertz CT molecular complexity index is 980. The van der Waals surface area contributed by atoms with Crippen LogP contribution in [-0.2, 0) is 6.18 Å². The average molecular weight is 491 g/mol. The molecule has 1 aliphatic rings. The van der Waals surface area contributed by atoms with Crippen molar-refractivity contribution < 1.29 is 41.1 Å². The second kappa shape index (κ2) is 10.6. The highest BCUT2D eigenvalue weighted by Gasteiger charge is 2.50. The molecule has 0 bridgehead atoms. The second-order valence-electron chi connectivity index (χ2n) is 8.27. The largest absolute Gasteiger partial charge is 0.493 e. The second-order valence-corrected chi connectivity index (χ2v) is 8.27. The number of likely N-dealkylation sites (tertiary alicyclic amines) is 1. The zero-order valence-electron chi connectivity index (χ0n) is 18.6. The third-order valence-electron chi connectivity index (χ3n) is 5.54. The normalized spacial score (nSPS) is 17.8. The van der Waals surface area contributed by atoms with Crippen LogP contribution in [0.1, 0.15) is 69.4 Å². The molecule has 12 heteroatoms. The molecule has 1 atom stereocenters. The van der Waals surface area contributed by atoms with E-state index in [2.05, 4.69) is 17.1 Å². The van der Waals surface area contributed by atoms with Crippen LogP contribution in [0, 0.1) is 0 Å². The highest BCUT2D eigenvalue weighted by molar-refractivity contribution is 5.66. The van der Waals surface area contributed by atoms with E-state index in [0.29, 0.717) is 11.3 Å². The molecule has 1 aliphatic heterocycles. The molecule has 0 radical (unpaired) electrons. The molecule has 1 aromatic heterocycles. The SMILES string of the molecule is CCCCCCCCOc1ccc(-c2noc(C3CC(F)(F)CN3C(=O)O)n2)cc1C(F)(F)F. The molecule has 1 saturated heterocycles. The lowest BCUT2D eigenvalue weighted by atomic mass is 10.1. The van der Waals surface area contributed by atoms with Crippen LogP contribution in [0.25, 0.3) is 11.4 Å². The van der Waals surface area contributed by atoms with Crippen molar-refractivity contribution >= 4 is 6.09 Å². The lowest BCUT2D eigenvalue weighted by molar-refractivity contribution is -0.138. The van der Waals surface area contributed by atoms with Crippen molar-refractivity contribution in [3.8, 4) is 17.1 Å². The van der Waals surface area contributed by atoms with E-state index in [0.717, 1.165) is 44.2 Å². The standard InChI is InChI=1S/C22H26F5N3O4/c1-2-3-4-5-6-7-10-33-17-9-8-14(11-15(17)22(25,26)27)18-28-19(34-29-18)16-12-21(23,24)13-30(16)20(31)32/h8-9,11,16H,2-7,10,12-13H2,1H3,(H,31,32). The van der Waals surface area contributed by atoms with Gasteiger partial charge in [0.2, 0.25) is 11.7 Å². The highest BCUT2D eigenvalue weighted by atomic mass is 19.4. The Labute approximate surface area is 192 Å². The van der Waals surface area contributed by atoms with Crippen LogP contribution in [0.3, 0.4) is 0 Å². The molecule has 3 rings (SSSR count). The Morgan fingerprint density at radius 3 is 2.62 bits per heavy atom. The predicted molar refractivity (Wildman–Crippen MR) is 111 cm³/mol. The number of ether oxygens (including phenoxy) is 1. The van der Waals surface area contributed by atoms with Gasteiger partial charge in [-0.15, -0.1) is 0 Å². The van der Waals surface area contributed by atoms with Crippen molar-refractivity contribution in [2.45, 2.75) is 70.0 Å². The summed E-state index contributed by atoms with van der Waals surface area (Å²) in [6, 6.07) is 1.86. The molecule has 34 heavy (non-hydrogen) atoms. The van der Waals surface area contributed by atoms with Crippen molar-refractivity contribution in [1.29, 1.82) is 0 Å². The predicted octanol–water partition coefficient (Wildman–Crippen LogP) is 6.55. The quantitative estimate of drug-likeness (QED) is 0.299. The minimum absolute atomic E-state index is 0.0686. The maximum absolute atomic E-state index is 13.7. The van der Waals surface area contributed by atoms with E-state index in [1.807, 2.05) is 0 Å². The summed E-state index contributed by atoms with van der Waals surface area (Å²) in [5.41, 5.74) is -1.09. The van der Waals surface area contributed by atoms with Gasteiger partial charge < -0.3 is 14.4 Å². The van der Waals surface area contributed by atoms with E-state index in [1.165, 1.54) is 6.07 Å². The number of halogens is 5. The monoisotopic (exact) mass is 491 g/mol. The van der Waals surface area contributed by atoms with Gasteiger partial charge in [-0.3, -0.25) is 4.90 Å². The van der Waals surface area contributed by atoms with E-state index in [4.69, 9.17) is 14.4 Å². The molecule has 1 aromatic carbocycles. The number of amides is 1. The molecule has 1 N–H and O–H groups in total. The zero-order valence-corrected chi connectivity index (χ0v) is 18.6. The summed E-state index contributed by atoms with van der Waals surface area (Å²) in [7, 11) is 0. The third-order valence-corrected chi connectivity index (χ3v) is 5.54. The Hall–Kier alpha value is -2.92. The molecule has 0 spiro atoms. The molecule has 7 nitrogen and oxygen atoms in total. The van der Waals surface area contributed by atoms with Crippen LogP contribution in [0.5, 0.6) is 5.75 Å². The van der Waals surface area contributed by atoms with E-state index in [9.17, 15) is 26.7 Å². The first-order valence-electron chi connectivity index (χ1n) is 11.1. The van der Waals surface area contributed by atoms with E-state index < -0.39 is 48.7 Å². The van der Waals surface area contributed by atoms with E-state index >= 15 is 0 Å². The van der Waals surface area contributed by atoms with Crippen LogP contribution in [-0.4, -0.2) is 45.3 Å². The summed E-state index contributed by atoms with van der Waals surface area (Å²) < 4.78 is 78.7. The van der Waals surface area contributed by atoms with Crippen molar-refractivity contribution in [2.24, 2.45) is 0 Å². The number of hydrogen-bond donors (Lipinski definition) is 1. The van der Waals surface area contributed by atoms with E-state index in [-0.39, 0.29) is 23.7 Å². The number of alkyl halides is 5. The highest BCUT2D eigenvalue weighted by Crippen LogP contribution is 2.42. The Morgan fingerprint density at radius 1 is 1.24 bits per heavy atom. The number of unbranched alkanes of at least 4 members (excludes halogenated alkanes) is 5. The third kappa shape index (κ3) is 6.35. The minimum atomic E-state index is -4.72. The maximum Gasteiger partial charge on any atom is 0.419 e. The number of nitrogens with zero attached hydrogens (tertiary/aromatic N) is 3. The number of hydrogen-bond acceptors (Lipinski definition) is 5. The first-order valence-corrected chi connectivity index (χ1v) is 11.1. The summed E-state index contributed by atoms with van der Waals surface area (Å²) in [6.45, 7) is 1.20. The average Bonchev–Trinajstić information content (AvgIpc) is 3.37. The molecule has 2 aromatic rings. The molecule has 1 amide bonds. The van der Waals surface area contributed by atoms with Gasteiger partial charge in [0.25, 0.3) is 5.92 Å². The molecular weight excluding hydrogens is 465 g/mol. The molecule has 2 heterocycles. The Balaban J connectivity index is 1.74. The summed E-state index contributed by atoms with van der Waals surface area (Å²) in [6.07, 6.45) is -1.38. The number of carbonyl (C=O) groups is 1. The number of aromatic nitrogens is 2. The summed E-state index contributed by atoms with van der Waals surface area (Å²) >= 11 is 0. The fourth-order valence-electron chi connectivity index (χ4n) is 3.81. The molecule has 1 fully saturated rings. The van der Waals surface area contributed by atoms with Gasteiger partial charge in [0, 0.05) is 12.0 Å². The van der Waals surface area contributed by atoms with Gasteiger partial charge in [-0.05, 0) is 24.6 Å². The van der Waals surface area contributed by atoms with Gasteiger partial charge in [-0.2, -0.15) is 18.2 Å². The van der Waals surface area contributed by atoms with Crippen molar-refractivity contribution in [2.75, 3.05) is 13.2 Å². The fraction of sp³-hybridized carbons (Fsp3) is 0.591. The number of rotatable bonds is 10. The van der Waals surface area contributed by atoms with Crippen molar-refractivity contribution in [1.82, 2.24) is 15.0 Å². The first kappa shape index (κ1) is 25.7. The lowest BCUT2D eigenvalue weighted by Gasteiger charge is -2.16. The topological polar surface area (TPSA) is 88.7 Å². The van der Waals surface area contributed by atoms with Crippen LogP contribution < -0.4 is 4.74 Å². The summed E-state index contributed by atoms with van der Waals surface area (Å²) in [5, 5.41) is 12.7. The number of carboxylic acid groups (broad SMARTS) is 1. The lowest BCUT2D eigenvalue weighted by Crippen LogP contribution is -2.31. The van der Waals surface area contributed by atoms with Gasteiger partial charge in [0.05, 0.1) is 18.7 Å². The fourth-order valence-corrected chi connectivity index (χ4v) is 3.81. The minimum Gasteiger partial charge on any atom is -0.493 e. The van der Waals surface area contributed by atoms with Gasteiger partial charge in [0.1, 0.15) is 11.8 Å². The van der Waals surface area contributed by atoms with Gasteiger partial charge in [0.15, 0.2) is 0 Å². The van der Waals surface area contributed by atoms with Crippen molar-refractivity contribution in [3.05, 3.63) is 29.7 Å². The molecular formula is C22H26F5N3O4. The maximum atomic E-state index is 13.7. The smallest absolute Gasteiger partial charge is 0.419 e. The summed E-state index contributed by atoms with van der Waals surface area (Å²) in [5.74, 6) is -4.30. The van der Waals surface area contributed by atoms with E-state index in [1.54, 1.807) is 0 Å². The van der Waals surface area contributed by atoms with Crippen molar-refractivity contribution in [3.63, 3.8) is 0 Å². The van der Waals surface area contributed by atoms with Crippen LogP contribution in [0.4, 0.5) is 26.7 Å². The Kier molecular flexibility index (Phi) is 7.98. The molecule has 1 unspecified atom stereocenters. The Morgan fingerprint density at radius 2 is 1.94 bits per heavy atom. The van der Waals surface area contributed by atoms with Gasteiger partial charge >= 0.3 is 12.3 Å². The first-order chi connectivity index (χ1) is 16.0. The van der Waals surface area contributed by atoms with Crippen LogP contribution in [0.2, 0.25) is 0 Å². The molecule has 0 saturated carbocycles. The van der Waals surface area contributed by atoms with Crippen LogP contribution in [0.15, 0.2) is 22.7 Å². The molecule has 188 valence electrons. The molecule has 0 aliphatic carbocycles.